The highest BCUT2D eigenvalue weighted by molar-refractivity contribution is 7.97. The molecule has 6 heteroatoms. The van der Waals surface area contributed by atoms with Crippen LogP contribution < -0.4 is 5.32 Å². The third-order valence-corrected chi connectivity index (χ3v) is 5.83. The molecule has 5 nitrogen and oxygen atoms in total. The molecule has 2 heterocycles. The van der Waals surface area contributed by atoms with Crippen molar-refractivity contribution in [3.63, 3.8) is 0 Å². The summed E-state index contributed by atoms with van der Waals surface area (Å²) in [4.78, 5) is 14.8. The largest absolute Gasteiger partial charge is 0.354 e. The lowest BCUT2D eigenvalue weighted by atomic mass is 10.0. The Bertz CT molecular complexity index is 571. The third-order valence-electron chi connectivity index (χ3n) is 4.64. The molecule has 0 amide bonds. The van der Waals surface area contributed by atoms with Gasteiger partial charge in [0.25, 0.3) is 0 Å². The Morgan fingerprint density at radius 3 is 2.42 bits per heavy atom. The standard InChI is InChI=1S/C18H27N3O2S.C2H6/c1-14(22)15-4-6-17(7-5-15)24-21-13-16(12-20(2)3)23-18(21)8-10-19-11-9-18;1-2/h4-7,16,19H,8-13H2,1-3H3;1-2H3. The molecule has 1 aromatic rings. The maximum absolute atomic E-state index is 11.4. The van der Waals surface area contributed by atoms with Gasteiger partial charge in [0, 0.05) is 36.4 Å². The van der Waals surface area contributed by atoms with Gasteiger partial charge in [-0.2, -0.15) is 0 Å². The van der Waals surface area contributed by atoms with Crippen LogP contribution in [-0.4, -0.2) is 67.1 Å². The Labute approximate surface area is 162 Å². The highest BCUT2D eigenvalue weighted by Crippen LogP contribution is 2.42. The van der Waals surface area contributed by atoms with Crippen LogP contribution in [0.4, 0.5) is 0 Å². The topological polar surface area (TPSA) is 44.8 Å². The van der Waals surface area contributed by atoms with Crippen LogP contribution in [0.3, 0.4) is 0 Å². The fourth-order valence-electron chi connectivity index (χ4n) is 3.44. The summed E-state index contributed by atoms with van der Waals surface area (Å²) in [6.07, 6.45) is 2.26. The molecule has 3 rings (SSSR count). The molecular weight excluding hydrogens is 346 g/mol. The predicted molar refractivity (Wildman–Crippen MR) is 109 cm³/mol. The molecule has 1 aromatic carbocycles. The van der Waals surface area contributed by atoms with Gasteiger partial charge in [-0.25, -0.2) is 4.31 Å². The van der Waals surface area contributed by atoms with Crippen LogP contribution in [0.25, 0.3) is 0 Å². The Kier molecular flexibility index (Phi) is 8.10. The van der Waals surface area contributed by atoms with Crippen molar-refractivity contribution in [1.82, 2.24) is 14.5 Å². The van der Waals surface area contributed by atoms with E-state index in [9.17, 15) is 4.79 Å². The number of nitrogens with zero attached hydrogens (tertiary/aromatic N) is 2. The number of rotatable bonds is 5. The minimum absolute atomic E-state index is 0.108. The van der Waals surface area contributed by atoms with Crippen LogP contribution in [0.15, 0.2) is 29.2 Å². The van der Waals surface area contributed by atoms with Crippen molar-refractivity contribution in [2.24, 2.45) is 0 Å². The second-order valence-corrected chi connectivity index (χ2v) is 8.03. The van der Waals surface area contributed by atoms with Crippen molar-refractivity contribution < 1.29 is 9.53 Å². The second kappa shape index (κ2) is 9.85. The van der Waals surface area contributed by atoms with Crippen LogP contribution in [0.2, 0.25) is 0 Å². The molecule has 1 spiro atoms. The fraction of sp³-hybridized carbons (Fsp3) is 0.650. The Morgan fingerprint density at radius 2 is 1.88 bits per heavy atom. The fourth-order valence-corrected chi connectivity index (χ4v) is 4.59. The number of Topliss-reactive ketones (excluding diaryl/α,β-unsaturated/α-hetero) is 1. The normalized spacial score (nSPS) is 22.3. The molecule has 0 saturated carbocycles. The molecule has 2 fully saturated rings. The zero-order valence-corrected chi connectivity index (χ0v) is 17.6. The molecule has 1 atom stereocenters. The van der Waals surface area contributed by atoms with Gasteiger partial charge in [-0.3, -0.25) is 4.79 Å². The molecular formula is C20H33N3O2S. The van der Waals surface area contributed by atoms with E-state index in [1.165, 1.54) is 0 Å². The van der Waals surface area contributed by atoms with Crippen molar-refractivity contribution >= 4 is 17.7 Å². The first kappa shape index (κ1) is 21.4. The van der Waals surface area contributed by atoms with Gasteiger partial charge in [0.1, 0.15) is 5.72 Å². The van der Waals surface area contributed by atoms with Gasteiger partial charge in [-0.15, -0.1) is 0 Å². The van der Waals surface area contributed by atoms with Crippen LogP contribution in [-0.2, 0) is 4.74 Å². The third kappa shape index (κ3) is 5.30. The number of nitrogens with one attached hydrogen (secondary N) is 1. The molecule has 2 aliphatic heterocycles. The zero-order chi connectivity index (χ0) is 19.2. The lowest BCUT2D eigenvalue weighted by Crippen LogP contribution is -2.49. The second-order valence-electron chi connectivity index (χ2n) is 6.93. The summed E-state index contributed by atoms with van der Waals surface area (Å²) in [5, 5.41) is 3.43. The zero-order valence-electron chi connectivity index (χ0n) is 16.7. The Morgan fingerprint density at radius 1 is 1.27 bits per heavy atom. The summed E-state index contributed by atoms with van der Waals surface area (Å²) in [6, 6.07) is 7.90. The average molecular weight is 380 g/mol. The maximum Gasteiger partial charge on any atom is 0.159 e. The number of carbonyl (C=O) groups excluding carboxylic acids is 1. The van der Waals surface area contributed by atoms with Crippen molar-refractivity contribution in [1.29, 1.82) is 0 Å². The van der Waals surface area contributed by atoms with E-state index in [-0.39, 0.29) is 17.6 Å². The van der Waals surface area contributed by atoms with Crippen LogP contribution >= 0.6 is 11.9 Å². The summed E-state index contributed by atoms with van der Waals surface area (Å²) in [5.74, 6) is 0.108. The smallest absolute Gasteiger partial charge is 0.159 e. The van der Waals surface area contributed by atoms with Crippen molar-refractivity contribution in [3.05, 3.63) is 29.8 Å². The van der Waals surface area contributed by atoms with E-state index >= 15 is 0 Å². The van der Waals surface area contributed by atoms with Gasteiger partial charge in [-0.05, 0) is 58.2 Å². The first-order valence-electron chi connectivity index (χ1n) is 9.58. The van der Waals surface area contributed by atoms with Crippen molar-refractivity contribution in [3.8, 4) is 0 Å². The number of ether oxygens (including phenoxy) is 1. The Balaban J connectivity index is 0.00000117. The van der Waals surface area contributed by atoms with E-state index in [4.69, 9.17) is 4.74 Å². The minimum atomic E-state index is -0.171. The number of carbonyl (C=O) groups is 1. The number of hydrogen-bond donors (Lipinski definition) is 1. The van der Waals surface area contributed by atoms with Crippen LogP contribution in [0.5, 0.6) is 0 Å². The lowest BCUT2D eigenvalue weighted by molar-refractivity contribution is -0.0980. The maximum atomic E-state index is 11.4. The highest BCUT2D eigenvalue weighted by atomic mass is 32.2. The quantitative estimate of drug-likeness (QED) is 0.626. The van der Waals surface area contributed by atoms with E-state index < -0.39 is 0 Å². The van der Waals surface area contributed by atoms with E-state index in [2.05, 4.69) is 28.6 Å². The van der Waals surface area contributed by atoms with Gasteiger partial charge in [0.05, 0.1) is 6.10 Å². The van der Waals surface area contributed by atoms with E-state index in [0.29, 0.717) is 0 Å². The minimum Gasteiger partial charge on any atom is -0.354 e. The molecule has 0 radical (unpaired) electrons. The molecule has 0 aromatic heterocycles. The summed E-state index contributed by atoms with van der Waals surface area (Å²) in [5.41, 5.74) is 0.592. The monoisotopic (exact) mass is 379 g/mol. The molecule has 1 N–H and O–H groups in total. The van der Waals surface area contributed by atoms with Crippen molar-refractivity contribution in [2.45, 2.75) is 50.3 Å². The Hall–Kier alpha value is -0.920. The van der Waals surface area contributed by atoms with Crippen LogP contribution in [0, 0.1) is 0 Å². The van der Waals surface area contributed by atoms with E-state index in [0.717, 1.165) is 49.5 Å². The van der Waals surface area contributed by atoms with Crippen molar-refractivity contribution in [2.75, 3.05) is 40.3 Å². The summed E-state index contributed by atoms with van der Waals surface area (Å²) < 4.78 is 8.94. The first-order chi connectivity index (χ1) is 12.5. The molecule has 2 saturated heterocycles. The van der Waals surface area contributed by atoms with E-state index in [1.54, 1.807) is 18.9 Å². The number of piperidine rings is 1. The molecule has 0 bridgehead atoms. The highest BCUT2D eigenvalue weighted by Gasteiger charge is 2.47. The van der Waals surface area contributed by atoms with Crippen LogP contribution in [0.1, 0.15) is 44.0 Å². The molecule has 1 unspecified atom stereocenters. The predicted octanol–water partition coefficient (Wildman–Crippen LogP) is 3.26. The molecule has 2 aliphatic rings. The summed E-state index contributed by atoms with van der Waals surface area (Å²) in [7, 11) is 4.18. The SMILES string of the molecule is CC.CC(=O)c1ccc(SN2CC(CN(C)C)OC23CCNCC3)cc1. The molecule has 0 aliphatic carbocycles. The number of ketones is 1. The van der Waals surface area contributed by atoms with Gasteiger partial charge in [0.2, 0.25) is 0 Å². The first-order valence-corrected chi connectivity index (χ1v) is 10.4. The average Bonchev–Trinajstić information content (AvgIpc) is 2.93. The lowest BCUT2D eigenvalue weighted by Gasteiger charge is -2.39. The van der Waals surface area contributed by atoms with Gasteiger partial charge in [0.15, 0.2) is 5.78 Å². The van der Waals surface area contributed by atoms with Gasteiger partial charge in [-0.1, -0.05) is 26.0 Å². The van der Waals surface area contributed by atoms with E-state index in [1.807, 2.05) is 38.1 Å². The summed E-state index contributed by atoms with van der Waals surface area (Å²) >= 11 is 1.76. The molecule has 26 heavy (non-hydrogen) atoms. The number of benzene rings is 1. The van der Waals surface area contributed by atoms with Gasteiger partial charge >= 0.3 is 0 Å². The molecule has 146 valence electrons. The number of hydrogen-bond acceptors (Lipinski definition) is 6. The summed E-state index contributed by atoms with van der Waals surface area (Å²) in [6.45, 7) is 9.46. The number of likely N-dealkylation sites (N-methyl/N-ethyl adjacent to an activating group) is 1. The van der Waals surface area contributed by atoms with Gasteiger partial charge < -0.3 is 15.0 Å².